The van der Waals surface area contributed by atoms with E-state index in [0.29, 0.717) is 0 Å². The molecule has 1 aliphatic rings. The predicted octanol–water partition coefficient (Wildman–Crippen LogP) is 0.386. The predicted molar refractivity (Wildman–Crippen MR) is 69.3 cm³/mol. The van der Waals surface area contributed by atoms with Crippen LogP contribution in [0.2, 0.25) is 0 Å². The fourth-order valence-corrected chi connectivity index (χ4v) is 2.42. The van der Waals surface area contributed by atoms with E-state index < -0.39 is 0 Å². The maximum Gasteiger partial charge on any atom is 0.147 e. The van der Waals surface area contributed by atoms with Gasteiger partial charge in [0.2, 0.25) is 0 Å². The summed E-state index contributed by atoms with van der Waals surface area (Å²) in [6.07, 6.45) is 8.17. The van der Waals surface area contributed by atoms with Crippen LogP contribution in [0.5, 0.6) is 0 Å². The molecule has 0 amide bonds. The second kappa shape index (κ2) is 5.92. The van der Waals surface area contributed by atoms with Gasteiger partial charge in [0.25, 0.3) is 0 Å². The summed E-state index contributed by atoms with van der Waals surface area (Å²) in [5.41, 5.74) is 0. The summed E-state index contributed by atoms with van der Waals surface area (Å²) in [6, 6.07) is 0. The lowest BCUT2D eigenvalue weighted by Crippen LogP contribution is -2.21. The van der Waals surface area contributed by atoms with Crippen molar-refractivity contribution >= 4 is 0 Å². The number of nitrogens with one attached hydrogen (secondary N) is 1. The van der Waals surface area contributed by atoms with Crippen LogP contribution in [0.3, 0.4) is 0 Å². The highest BCUT2D eigenvalue weighted by atomic mass is 15.4. The summed E-state index contributed by atoms with van der Waals surface area (Å²) in [5.74, 6) is 2.21. The van der Waals surface area contributed by atoms with Crippen LogP contribution in [0.4, 0.5) is 0 Å². The fraction of sp³-hybridized carbons (Fsp3) is 0.667. The average Bonchev–Trinajstić information content (AvgIpc) is 3.08. The minimum atomic E-state index is 0.796. The first-order chi connectivity index (χ1) is 9.43. The van der Waals surface area contributed by atoms with Crippen LogP contribution in [0.25, 0.3) is 0 Å². The smallest absolute Gasteiger partial charge is 0.147 e. The quantitative estimate of drug-likeness (QED) is 0.761. The van der Waals surface area contributed by atoms with Gasteiger partial charge in [0, 0.05) is 25.7 Å². The van der Waals surface area contributed by atoms with Gasteiger partial charge >= 0.3 is 0 Å². The lowest BCUT2D eigenvalue weighted by Gasteiger charge is -2.14. The zero-order valence-corrected chi connectivity index (χ0v) is 11.0. The number of rotatable bonds is 6. The van der Waals surface area contributed by atoms with Gasteiger partial charge in [0.15, 0.2) is 0 Å². The normalized spacial score (nSPS) is 14.5. The minimum Gasteiger partial charge on any atom is -0.314 e. The molecule has 2 aromatic heterocycles. The van der Waals surface area contributed by atoms with E-state index in [-0.39, 0.29) is 0 Å². The van der Waals surface area contributed by atoms with Gasteiger partial charge in [-0.25, -0.2) is 0 Å². The molecule has 0 aliphatic carbocycles. The summed E-state index contributed by atoms with van der Waals surface area (Å²) >= 11 is 0. The first-order valence-electron chi connectivity index (χ1n) is 6.89. The first-order valence-corrected chi connectivity index (χ1v) is 6.89. The maximum absolute atomic E-state index is 4.27. The number of aryl methyl sites for hydroxylation is 2. The molecule has 0 spiro atoms. The van der Waals surface area contributed by atoms with Gasteiger partial charge in [-0.2, -0.15) is 0 Å². The van der Waals surface area contributed by atoms with Crippen molar-refractivity contribution in [3.05, 3.63) is 24.0 Å². The molecular formula is C12H19N7. The number of hydrogen-bond donors (Lipinski definition) is 1. The lowest BCUT2D eigenvalue weighted by molar-refractivity contribution is 0.487. The summed E-state index contributed by atoms with van der Waals surface area (Å²) in [7, 11) is 0. The Bertz CT molecular complexity index is 502. The molecule has 102 valence electrons. The fourth-order valence-electron chi connectivity index (χ4n) is 2.42. The second-order valence-corrected chi connectivity index (χ2v) is 4.84. The summed E-state index contributed by atoms with van der Waals surface area (Å²) in [6.45, 7) is 3.70. The molecule has 7 nitrogen and oxygen atoms in total. The highest BCUT2D eigenvalue weighted by molar-refractivity contribution is 4.98. The van der Waals surface area contributed by atoms with Crippen molar-refractivity contribution in [2.24, 2.45) is 0 Å². The standard InChI is InChI=1S/C12H19N7/c1-2-8-19-11(4-1)15-16-12(19)10-13-5-3-7-18-9-6-14-17-18/h6,9,13H,1-5,7-8,10H2. The van der Waals surface area contributed by atoms with Gasteiger partial charge < -0.3 is 9.88 Å². The van der Waals surface area contributed by atoms with Gasteiger partial charge in [-0.05, 0) is 25.8 Å². The molecule has 0 aromatic carbocycles. The summed E-state index contributed by atoms with van der Waals surface area (Å²) < 4.78 is 4.11. The molecule has 0 saturated carbocycles. The molecule has 0 unspecified atom stereocenters. The third-order valence-corrected chi connectivity index (χ3v) is 3.43. The van der Waals surface area contributed by atoms with E-state index in [0.717, 1.165) is 50.7 Å². The molecule has 1 N–H and O–H groups in total. The van der Waals surface area contributed by atoms with Crippen molar-refractivity contribution < 1.29 is 0 Å². The van der Waals surface area contributed by atoms with Gasteiger partial charge in [-0.3, -0.25) is 4.68 Å². The average molecular weight is 261 g/mol. The largest absolute Gasteiger partial charge is 0.314 e. The second-order valence-electron chi connectivity index (χ2n) is 4.84. The van der Waals surface area contributed by atoms with E-state index in [9.17, 15) is 0 Å². The van der Waals surface area contributed by atoms with Crippen LogP contribution >= 0.6 is 0 Å². The Morgan fingerprint density at radius 2 is 2.26 bits per heavy atom. The van der Waals surface area contributed by atoms with Gasteiger partial charge in [0.05, 0.1) is 12.7 Å². The molecule has 19 heavy (non-hydrogen) atoms. The van der Waals surface area contributed by atoms with Crippen molar-refractivity contribution in [3.8, 4) is 0 Å². The van der Waals surface area contributed by atoms with Crippen molar-refractivity contribution in [1.82, 2.24) is 35.1 Å². The molecule has 3 heterocycles. The first kappa shape index (κ1) is 12.3. The Morgan fingerprint density at radius 1 is 1.26 bits per heavy atom. The maximum atomic E-state index is 4.27. The number of fused-ring (bicyclic) bond motifs is 1. The zero-order chi connectivity index (χ0) is 12.9. The van der Waals surface area contributed by atoms with Crippen LogP contribution < -0.4 is 5.32 Å². The topological polar surface area (TPSA) is 73.5 Å². The minimum absolute atomic E-state index is 0.796. The Hall–Kier alpha value is -1.76. The van der Waals surface area contributed by atoms with Crippen molar-refractivity contribution in [2.45, 2.75) is 45.3 Å². The van der Waals surface area contributed by atoms with Crippen LogP contribution in [0.1, 0.15) is 30.9 Å². The van der Waals surface area contributed by atoms with E-state index in [1.807, 2.05) is 10.9 Å². The zero-order valence-electron chi connectivity index (χ0n) is 11.0. The van der Waals surface area contributed by atoms with E-state index >= 15 is 0 Å². The van der Waals surface area contributed by atoms with Crippen LogP contribution in [-0.4, -0.2) is 36.3 Å². The van der Waals surface area contributed by atoms with Crippen molar-refractivity contribution in [1.29, 1.82) is 0 Å². The molecule has 3 rings (SSSR count). The van der Waals surface area contributed by atoms with Crippen LogP contribution in [0.15, 0.2) is 12.4 Å². The van der Waals surface area contributed by atoms with E-state index in [4.69, 9.17) is 0 Å². The number of nitrogens with zero attached hydrogens (tertiary/aromatic N) is 6. The third-order valence-electron chi connectivity index (χ3n) is 3.43. The molecular weight excluding hydrogens is 242 g/mol. The van der Waals surface area contributed by atoms with Crippen LogP contribution in [0, 0.1) is 0 Å². The monoisotopic (exact) mass is 261 g/mol. The van der Waals surface area contributed by atoms with Crippen molar-refractivity contribution in [3.63, 3.8) is 0 Å². The van der Waals surface area contributed by atoms with E-state index in [1.54, 1.807) is 6.20 Å². The highest BCUT2D eigenvalue weighted by Crippen LogP contribution is 2.13. The lowest BCUT2D eigenvalue weighted by atomic mass is 10.2. The molecule has 0 saturated heterocycles. The van der Waals surface area contributed by atoms with Gasteiger partial charge in [-0.15, -0.1) is 15.3 Å². The summed E-state index contributed by atoms with van der Waals surface area (Å²) in [5, 5.41) is 19.6. The van der Waals surface area contributed by atoms with Crippen molar-refractivity contribution in [2.75, 3.05) is 6.54 Å². The SMILES string of the molecule is c1cn(CCCNCc2nnc3n2CCCC3)nn1. The number of aromatic nitrogens is 6. The highest BCUT2D eigenvalue weighted by Gasteiger charge is 2.14. The third kappa shape index (κ3) is 2.98. The molecule has 0 bridgehead atoms. The molecule has 0 radical (unpaired) electrons. The summed E-state index contributed by atoms with van der Waals surface area (Å²) in [4.78, 5) is 0. The molecule has 2 aromatic rings. The van der Waals surface area contributed by atoms with E-state index in [2.05, 4.69) is 30.4 Å². The molecule has 7 heteroatoms. The van der Waals surface area contributed by atoms with Gasteiger partial charge in [-0.1, -0.05) is 5.21 Å². The molecule has 1 aliphatic heterocycles. The Kier molecular flexibility index (Phi) is 3.83. The number of hydrogen-bond acceptors (Lipinski definition) is 5. The van der Waals surface area contributed by atoms with Gasteiger partial charge in [0.1, 0.15) is 11.6 Å². The Morgan fingerprint density at radius 3 is 3.16 bits per heavy atom. The van der Waals surface area contributed by atoms with E-state index in [1.165, 1.54) is 12.8 Å². The molecule has 0 fully saturated rings. The molecule has 0 atom stereocenters. The Labute approximate surface area is 112 Å². The van der Waals surface area contributed by atoms with Crippen LogP contribution in [-0.2, 0) is 26.1 Å². The Balaban J connectivity index is 1.41.